The summed E-state index contributed by atoms with van der Waals surface area (Å²) in [5, 5.41) is 10.1. The van der Waals surface area contributed by atoms with Crippen LogP contribution in [0.3, 0.4) is 0 Å². The lowest BCUT2D eigenvalue weighted by Gasteiger charge is -1.94. The van der Waals surface area contributed by atoms with Gasteiger partial charge in [-0.05, 0) is 0 Å². The van der Waals surface area contributed by atoms with Crippen LogP contribution in [-0.4, -0.2) is 20.9 Å². The van der Waals surface area contributed by atoms with Crippen LogP contribution in [0.1, 0.15) is 54.2 Å². The first kappa shape index (κ1) is 21.0. The topological polar surface area (TPSA) is 59.8 Å². The lowest BCUT2D eigenvalue weighted by Crippen LogP contribution is -2.19. The zero-order valence-electron chi connectivity index (χ0n) is 12.5. The number of amides is 1. The monoisotopic (exact) mass is 244 g/mol. The Labute approximate surface area is 106 Å². The summed E-state index contributed by atoms with van der Waals surface area (Å²) in [6.45, 7) is 13.9. The van der Waals surface area contributed by atoms with E-state index in [0.717, 1.165) is 5.69 Å². The molecule has 1 aromatic heterocycles. The fourth-order valence-corrected chi connectivity index (χ4v) is 0.691. The summed E-state index contributed by atoms with van der Waals surface area (Å²) in [5.74, 6) is -0.0596. The van der Waals surface area contributed by atoms with Crippen LogP contribution >= 0.6 is 0 Å². The summed E-state index contributed by atoms with van der Waals surface area (Å²) in [7, 11) is 1.78. The smallest absolute Gasteiger partial charge is 0.217 e. The minimum atomic E-state index is -0.0596. The maximum absolute atomic E-state index is 10.5. The van der Waals surface area contributed by atoms with Crippen LogP contribution in [0.25, 0.3) is 0 Å². The average molecular weight is 244 g/mol. The van der Waals surface area contributed by atoms with Gasteiger partial charge < -0.3 is 5.32 Å². The Morgan fingerprint density at radius 1 is 1.24 bits per heavy atom. The molecule has 1 rings (SSSR count). The van der Waals surface area contributed by atoms with Crippen molar-refractivity contribution in [1.29, 1.82) is 0 Å². The molecule has 0 saturated carbocycles. The van der Waals surface area contributed by atoms with E-state index in [1.165, 1.54) is 6.92 Å². The normalized spacial score (nSPS) is 7.29. The van der Waals surface area contributed by atoms with Crippen molar-refractivity contribution < 1.29 is 4.79 Å². The SMILES string of the molecule is CC.CC.CC.CC(=O)NCc1cn(C)nn1. The number of nitrogens with one attached hydrogen (secondary N) is 1. The highest BCUT2D eigenvalue weighted by atomic mass is 16.1. The maximum Gasteiger partial charge on any atom is 0.217 e. The molecule has 0 atom stereocenters. The van der Waals surface area contributed by atoms with Crippen LogP contribution < -0.4 is 5.32 Å². The van der Waals surface area contributed by atoms with Crippen LogP contribution in [0.5, 0.6) is 0 Å². The predicted molar refractivity (Wildman–Crippen MR) is 72.6 cm³/mol. The van der Waals surface area contributed by atoms with E-state index in [1.807, 2.05) is 41.5 Å². The van der Waals surface area contributed by atoms with Gasteiger partial charge in [0.15, 0.2) is 0 Å². The lowest BCUT2D eigenvalue weighted by atomic mass is 10.4. The van der Waals surface area contributed by atoms with Gasteiger partial charge in [0, 0.05) is 20.2 Å². The first-order valence-corrected chi connectivity index (χ1v) is 6.28. The predicted octanol–water partition coefficient (Wildman–Crippen LogP) is 2.53. The van der Waals surface area contributed by atoms with Crippen LogP contribution in [-0.2, 0) is 18.4 Å². The summed E-state index contributed by atoms with van der Waals surface area (Å²) >= 11 is 0. The Morgan fingerprint density at radius 3 is 2.00 bits per heavy atom. The van der Waals surface area contributed by atoms with Crippen molar-refractivity contribution in [2.45, 2.75) is 55.0 Å². The molecule has 0 spiro atoms. The second kappa shape index (κ2) is 17.0. The zero-order chi connectivity index (χ0) is 14.3. The molecule has 5 heteroatoms. The number of nitrogens with zero attached hydrogens (tertiary/aromatic N) is 3. The van der Waals surface area contributed by atoms with Gasteiger partial charge in [-0.2, -0.15) is 0 Å². The van der Waals surface area contributed by atoms with Crippen molar-refractivity contribution in [3.63, 3.8) is 0 Å². The quantitative estimate of drug-likeness (QED) is 0.869. The van der Waals surface area contributed by atoms with E-state index in [4.69, 9.17) is 0 Å². The standard InChI is InChI=1S/C6H10N4O.3C2H6/c1-5(11)7-3-6-4-10(2)9-8-6;3*1-2/h4H,3H2,1-2H3,(H,7,11);3*1-2H3. The summed E-state index contributed by atoms with van der Waals surface area (Å²) in [6, 6.07) is 0. The zero-order valence-corrected chi connectivity index (χ0v) is 12.5. The Kier molecular flexibility index (Phi) is 21.0. The van der Waals surface area contributed by atoms with E-state index in [9.17, 15) is 4.79 Å². The second-order valence-corrected chi connectivity index (χ2v) is 2.29. The molecule has 0 radical (unpaired) electrons. The molecule has 1 aromatic rings. The molecule has 0 aliphatic carbocycles. The molecule has 1 N–H and O–H groups in total. The van der Waals surface area contributed by atoms with Gasteiger partial charge in [-0.3, -0.25) is 9.48 Å². The highest BCUT2D eigenvalue weighted by molar-refractivity contribution is 5.72. The van der Waals surface area contributed by atoms with Crippen molar-refractivity contribution >= 4 is 5.91 Å². The van der Waals surface area contributed by atoms with Crippen LogP contribution in [0.4, 0.5) is 0 Å². The van der Waals surface area contributed by atoms with Gasteiger partial charge in [-0.1, -0.05) is 46.8 Å². The molecule has 0 saturated heterocycles. The largest absolute Gasteiger partial charge is 0.351 e. The number of rotatable bonds is 2. The minimum Gasteiger partial charge on any atom is -0.351 e. The Balaban J connectivity index is -0.000000285. The van der Waals surface area contributed by atoms with Crippen molar-refractivity contribution in [2.75, 3.05) is 0 Å². The first-order valence-electron chi connectivity index (χ1n) is 6.28. The van der Waals surface area contributed by atoms with Gasteiger partial charge in [-0.25, -0.2) is 0 Å². The average Bonchev–Trinajstić information content (AvgIpc) is 2.80. The number of carbonyl (C=O) groups is 1. The van der Waals surface area contributed by atoms with Gasteiger partial charge in [0.1, 0.15) is 5.69 Å². The lowest BCUT2D eigenvalue weighted by molar-refractivity contribution is -0.119. The van der Waals surface area contributed by atoms with Gasteiger partial charge in [0.05, 0.1) is 6.54 Å². The van der Waals surface area contributed by atoms with Crippen molar-refractivity contribution in [2.24, 2.45) is 7.05 Å². The third-order valence-electron chi connectivity index (χ3n) is 1.17. The van der Waals surface area contributed by atoms with E-state index < -0.39 is 0 Å². The van der Waals surface area contributed by atoms with E-state index in [1.54, 1.807) is 17.9 Å². The number of hydrogen-bond donors (Lipinski definition) is 1. The number of aryl methyl sites for hydroxylation is 1. The second-order valence-electron chi connectivity index (χ2n) is 2.29. The fourth-order valence-electron chi connectivity index (χ4n) is 0.691. The number of hydrogen-bond acceptors (Lipinski definition) is 3. The maximum atomic E-state index is 10.5. The van der Waals surface area contributed by atoms with E-state index in [-0.39, 0.29) is 5.91 Å². The molecule has 0 bridgehead atoms. The Morgan fingerprint density at radius 2 is 1.71 bits per heavy atom. The molecule has 102 valence electrons. The number of carbonyl (C=O) groups excluding carboxylic acids is 1. The summed E-state index contributed by atoms with van der Waals surface area (Å²) in [5.41, 5.74) is 0.766. The van der Waals surface area contributed by atoms with Gasteiger partial charge in [-0.15, -0.1) is 5.10 Å². The van der Waals surface area contributed by atoms with Crippen LogP contribution in [0.15, 0.2) is 6.20 Å². The molecular formula is C12H28N4O. The molecule has 17 heavy (non-hydrogen) atoms. The summed E-state index contributed by atoms with van der Waals surface area (Å²) < 4.78 is 1.59. The molecule has 1 heterocycles. The third-order valence-corrected chi connectivity index (χ3v) is 1.17. The van der Waals surface area contributed by atoms with Crippen molar-refractivity contribution in [3.8, 4) is 0 Å². The summed E-state index contributed by atoms with van der Waals surface area (Å²) in [6.07, 6.45) is 1.76. The fraction of sp³-hybridized carbons (Fsp3) is 0.750. The molecule has 0 unspecified atom stereocenters. The van der Waals surface area contributed by atoms with Crippen LogP contribution in [0.2, 0.25) is 0 Å². The van der Waals surface area contributed by atoms with Crippen molar-refractivity contribution in [1.82, 2.24) is 20.3 Å². The van der Waals surface area contributed by atoms with Gasteiger partial charge >= 0.3 is 0 Å². The molecule has 5 nitrogen and oxygen atoms in total. The highest BCUT2D eigenvalue weighted by Gasteiger charge is 1.97. The first-order chi connectivity index (χ1) is 8.18. The van der Waals surface area contributed by atoms with E-state index in [2.05, 4.69) is 15.6 Å². The Bertz CT molecular complexity index is 259. The molecular weight excluding hydrogens is 216 g/mol. The van der Waals surface area contributed by atoms with E-state index >= 15 is 0 Å². The van der Waals surface area contributed by atoms with E-state index in [0.29, 0.717) is 6.54 Å². The molecule has 0 aliphatic heterocycles. The molecule has 0 fully saturated rings. The van der Waals surface area contributed by atoms with Gasteiger partial charge in [0.2, 0.25) is 5.91 Å². The third kappa shape index (κ3) is 14.6. The van der Waals surface area contributed by atoms with Gasteiger partial charge in [0.25, 0.3) is 0 Å². The van der Waals surface area contributed by atoms with Crippen LogP contribution in [0, 0.1) is 0 Å². The summed E-state index contributed by atoms with van der Waals surface area (Å²) in [4.78, 5) is 10.5. The number of aromatic nitrogens is 3. The molecule has 1 amide bonds. The Hall–Kier alpha value is -1.39. The minimum absolute atomic E-state index is 0.0596. The highest BCUT2D eigenvalue weighted by Crippen LogP contribution is 1.88. The molecule has 0 aliphatic rings. The molecule has 0 aromatic carbocycles. The van der Waals surface area contributed by atoms with Crippen molar-refractivity contribution in [3.05, 3.63) is 11.9 Å².